The highest BCUT2D eigenvalue weighted by Gasteiger charge is 2.28. The number of aromatic amines is 1. The van der Waals surface area contributed by atoms with Crippen molar-refractivity contribution in [3.05, 3.63) is 42.2 Å². The second-order valence-electron chi connectivity index (χ2n) is 5.40. The number of methoxy groups -OCH3 is 1. The number of carbonyl (C=O) groups is 1. The Morgan fingerprint density at radius 1 is 1.45 bits per heavy atom. The molecule has 1 unspecified atom stereocenters. The van der Waals surface area contributed by atoms with Crippen LogP contribution in [0, 0.1) is 0 Å². The molecule has 22 heavy (non-hydrogen) atoms. The van der Waals surface area contributed by atoms with Crippen LogP contribution in [0.15, 0.2) is 36.7 Å². The number of likely N-dealkylation sites (tertiary alicyclic amines) is 1. The quantitative estimate of drug-likeness (QED) is 0.914. The smallest absolute Gasteiger partial charge is 0.322 e. The monoisotopic (exact) mass is 300 g/mol. The molecule has 1 aromatic carbocycles. The number of aromatic nitrogens is 2. The summed E-state index contributed by atoms with van der Waals surface area (Å²) in [5.74, 6) is 0.725. The zero-order valence-electron chi connectivity index (χ0n) is 12.6. The number of amides is 2. The molecule has 1 atom stereocenters. The van der Waals surface area contributed by atoms with Gasteiger partial charge in [-0.2, -0.15) is 5.10 Å². The predicted molar refractivity (Wildman–Crippen MR) is 83.9 cm³/mol. The standard InChI is InChI=1S/C16H20N4O2/c1-22-14-6-4-5-13(9-14)19-16(21)20-8-3-2-7-15(20)12-10-17-18-11-12/h4-6,9-11,15H,2-3,7-8H2,1H3,(H,17,18)(H,19,21). The van der Waals surface area contributed by atoms with Crippen molar-refractivity contribution in [1.82, 2.24) is 15.1 Å². The molecule has 6 heteroatoms. The van der Waals surface area contributed by atoms with Gasteiger partial charge >= 0.3 is 6.03 Å². The molecule has 2 amide bonds. The SMILES string of the molecule is COc1cccc(NC(=O)N2CCCCC2c2cn[nH]c2)c1. The van der Waals surface area contributed by atoms with Crippen LogP contribution in [-0.4, -0.2) is 34.8 Å². The van der Waals surface area contributed by atoms with Gasteiger partial charge in [0, 0.05) is 30.1 Å². The van der Waals surface area contributed by atoms with Crippen LogP contribution in [-0.2, 0) is 0 Å². The summed E-state index contributed by atoms with van der Waals surface area (Å²) in [6.45, 7) is 0.756. The summed E-state index contributed by atoms with van der Waals surface area (Å²) in [5, 5.41) is 9.78. The summed E-state index contributed by atoms with van der Waals surface area (Å²) in [6.07, 6.45) is 6.77. The number of benzene rings is 1. The molecule has 1 aliphatic heterocycles. The lowest BCUT2D eigenvalue weighted by Crippen LogP contribution is -2.41. The normalized spacial score (nSPS) is 18.0. The number of urea groups is 1. The van der Waals surface area contributed by atoms with E-state index < -0.39 is 0 Å². The highest BCUT2D eigenvalue weighted by atomic mass is 16.5. The average molecular weight is 300 g/mol. The number of rotatable bonds is 3. The Hall–Kier alpha value is -2.50. The third-order valence-corrected chi connectivity index (χ3v) is 3.99. The first-order valence-corrected chi connectivity index (χ1v) is 7.48. The summed E-state index contributed by atoms with van der Waals surface area (Å²) in [5.41, 5.74) is 1.79. The Morgan fingerprint density at radius 2 is 2.36 bits per heavy atom. The van der Waals surface area contributed by atoms with Gasteiger partial charge in [0.05, 0.1) is 19.3 Å². The van der Waals surface area contributed by atoms with E-state index >= 15 is 0 Å². The second-order valence-corrected chi connectivity index (χ2v) is 5.40. The van der Waals surface area contributed by atoms with Gasteiger partial charge in [0.1, 0.15) is 5.75 Å². The minimum atomic E-state index is -0.0841. The van der Waals surface area contributed by atoms with E-state index in [0.717, 1.165) is 42.8 Å². The Balaban J connectivity index is 1.74. The summed E-state index contributed by atoms with van der Waals surface area (Å²) < 4.78 is 5.18. The topological polar surface area (TPSA) is 70.2 Å². The maximum atomic E-state index is 12.6. The lowest BCUT2D eigenvalue weighted by molar-refractivity contribution is 0.163. The zero-order valence-corrected chi connectivity index (χ0v) is 12.6. The molecule has 1 fully saturated rings. The lowest BCUT2D eigenvalue weighted by atomic mass is 9.98. The molecule has 0 radical (unpaired) electrons. The molecule has 1 aromatic heterocycles. The van der Waals surface area contributed by atoms with Crippen molar-refractivity contribution in [2.75, 3.05) is 19.0 Å². The van der Waals surface area contributed by atoms with Crippen LogP contribution in [0.5, 0.6) is 5.75 Å². The number of piperidine rings is 1. The van der Waals surface area contributed by atoms with Gasteiger partial charge in [-0.15, -0.1) is 0 Å². The summed E-state index contributed by atoms with van der Waals surface area (Å²) in [6, 6.07) is 7.38. The number of hydrogen-bond acceptors (Lipinski definition) is 3. The Kier molecular flexibility index (Phi) is 4.27. The van der Waals surface area contributed by atoms with E-state index in [4.69, 9.17) is 4.74 Å². The van der Waals surface area contributed by atoms with Crippen LogP contribution in [0.1, 0.15) is 30.9 Å². The predicted octanol–water partition coefficient (Wildman–Crippen LogP) is 3.18. The number of H-pyrrole nitrogens is 1. The van der Waals surface area contributed by atoms with E-state index in [9.17, 15) is 4.79 Å². The fourth-order valence-corrected chi connectivity index (χ4v) is 2.86. The molecule has 3 rings (SSSR count). The van der Waals surface area contributed by atoms with Crippen molar-refractivity contribution in [1.29, 1.82) is 0 Å². The highest BCUT2D eigenvalue weighted by Crippen LogP contribution is 2.31. The molecule has 116 valence electrons. The summed E-state index contributed by atoms with van der Waals surface area (Å²) >= 11 is 0. The maximum absolute atomic E-state index is 12.6. The van der Waals surface area contributed by atoms with E-state index in [0.29, 0.717) is 0 Å². The van der Waals surface area contributed by atoms with Crippen LogP contribution in [0.3, 0.4) is 0 Å². The molecule has 6 nitrogen and oxygen atoms in total. The number of hydrogen-bond donors (Lipinski definition) is 2. The summed E-state index contributed by atoms with van der Waals surface area (Å²) in [4.78, 5) is 14.5. The van der Waals surface area contributed by atoms with Gasteiger partial charge < -0.3 is 15.0 Å². The van der Waals surface area contributed by atoms with Crippen LogP contribution < -0.4 is 10.1 Å². The van der Waals surface area contributed by atoms with Crippen molar-refractivity contribution < 1.29 is 9.53 Å². The van der Waals surface area contributed by atoms with Gasteiger partial charge in [-0.1, -0.05) is 6.07 Å². The first-order chi connectivity index (χ1) is 10.8. The number of ether oxygens (including phenoxy) is 1. The molecular weight excluding hydrogens is 280 g/mol. The molecule has 1 saturated heterocycles. The molecule has 1 aliphatic rings. The lowest BCUT2D eigenvalue weighted by Gasteiger charge is -2.35. The minimum absolute atomic E-state index is 0.0816. The van der Waals surface area contributed by atoms with Crippen molar-refractivity contribution in [3.63, 3.8) is 0 Å². The third-order valence-electron chi connectivity index (χ3n) is 3.99. The van der Waals surface area contributed by atoms with E-state index in [2.05, 4.69) is 15.5 Å². The molecule has 0 bridgehead atoms. The first kappa shape index (κ1) is 14.4. The maximum Gasteiger partial charge on any atom is 0.322 e. The molecule has 2 N–H and O–H groups in total. The first-order valence-electron chi connectivity index (χ1n) is 7.48. The van der Waals surface area contributed by atoms with E-state index in [1.165, 1.54) is 0 Å². The molecule has 2 aromatic rings. The molecule has 0 aliphatic carbocycles. The molecule has 0 saturated carbocycles. The van der Waals surface area contributed by atoms with Gasteiger partial charge in [-0.05, 0) is 31.4 Å². The fourth-order valence-electron chi connectivity index (χ4n) is 2.86. The van der Waals surface area contributed by atoms with Crippen molar-refractivity contribution in [2.45, 2.75) is 25.3 Å². The molecular formula is C16H20N4O2. The average Bonchev–Trinajstić information content (AvgIpc) is 3.09. The number of carbonyl (C=O) groups excluding carboxylic acids is 1. The van der Waals surface area contributed by atoms with Crippen LogP contribution in [0.4, 0.5) is 10.5 Å². The van der Waals surface area contributed by atoms with E-state index in [-0.39, 0.29) is 12.1 Å². The number of nitrogens with one attached hydrogen (secondary N) is 2. The summed E-state index contributed by atoms with van der Waals surface area (Å²) in [7, 11) is 1.61. The molecule has 0 spiro atoms. The van der Waals surface area contributed by atoms with Crippen molar-refractivity contribution >= 4 is 11.7 Å². The van der Waals surface area contributed by atoms with E-state index in [1.807, 2.05) is 35.4 Å². The molecule has 2 heterocycles. The van der Waals surface area contributed by atoms with Crippen LogP contribution >= 0.6 is 0 Å². The van der Waals surface area contributed by atoms with Gasteiger partial charge in [0.2, 0.25) is 0 Å². The second kappa shape index (κ2) is 6.51. The Bertz CT molecular complexity index is 627. The van der Waals surface area contributed by atoms with Crippen molar-refractivity contribution in [3.8, 4) is 5.75 Å². The Labute approximate surface area is 129 Å². The van der Waals surface area contributed by atoms with Crippen LogP contribution in [0.25, 0.3) is 0 Å². The van der Waals surface area contributed by atoms with Crippen LogP contribution in [0.2, 0.25) is 0 Å². The van der Waals surface area contributed by atoms with Gasteiger partial charge in [-0.3, -0.25) is 5.10 Å². The van der Waals surface area contributed by atoms with E-state index in [1.54, 1.807) is 13.3 Å². The van der Waals surface area contributed by atoms with Gasteiger partial charge in [0.15, 0.2) is 0 Å². The number of anilines is 1. The Morgan fingerprint density at radius 3 is 3.14 bits per heavy atom. The van der Waals surface area contributed by atoms with Gasteiger partial charge in [0.25, 0.3) is 0 Å². The minimum Gasteiger partial charge on any atom is -0.497 e. The third kappa shape index (κ3) is 3.05. The highest BCUT2D eigenvalue weighted by molar-refractivity contribution is 5.89. The van der Waals surface area contributed by atoms with Crippen molar-refractivity contribution in [2.24, 2.45) is 0 Å². The largest absolute Gasteiger partial charge is 0.497 e. The number of nitrogens with zero attached hydrogens (tertiary/aromatic N) is 2. The van der Waals surface area contributed by atoms with Gasteiger partial charge in [-0.25, -0.2) is 4.79 Å². The zero-order chi connectivity index (χ0) is 15.4. The fraction of sp³-hybridized carbons (Fsp3) is 0.375.